The molecule has 0 bridgehead atoms. The van der Waals surface area contributed by atoms with E-state index in [4.69, 9.17) is 0 Å². The summed E-state index contributed by atoms with van der Waals surface area (Å²) >= 11 is 0. The third-order valence-corrected chi connectivity index (χ3v) is 9.08. The molecule has 2 amide bonds. The molecule has 0 aliphatic heterocycles. The molecule has 1 aliphatic rings. The quantitative estimate of drug-likeness (QED) is 0.215. The minimum Gasteiger partial charge on any atom is -0.350 e. The third-order valence-electron chi connectivity index (χ3n) is 7.54. The van der Waals surface area contributed by atoms with Gasteiger partial charge >= 0.3 is 0 Å². The maximum atomic E-state index is 13.9. The summed E-state index contributed by atoms with van der Waals surface area (Å²) in [5.41, 5.74) is 4.61. The van der Waals surface area contributed by atoms with Crippen molar-refractivity contribution in [2.75, 3.05) is 0 Å². The van der Waals surface area contributed by atoms with E-state index in [-0.39, 0.29) is 35.7 Å². The second-order valence-corrected chi connectivity index (χ2v) is 12.8. The Morgan fingerprint density at radius 2 is 1.40 bits per heavy atom. The van der Waals surface area contributed by atoms with E-state index in [0.29, 0.717) is 13.0 Å². The van der Waals surface area contributed by atoms with Crippen LogP contribution in [0.25, 0.3) is 0 Å². The fourth-order valence-electron chi connectivity index (χ4n) is 4.92. The van der Waals surface area contributed by atoms with Gasteiger partial charge in [0.15, 0.2) is 0 Å². The molecule has 222 valence electrons. The molecule has 1 aliphatic carbocycles. The zero-order chi connectivity index (χ0) is 30.2. The van der Waals surface area contributed by atoms with Crippen molar-refractivity contribution in [2.24, 2.45) is 0 Å². The second-order valence-electron chi connectivity index (χ2n) is 11.1. The van der Waals surface area contributed by atoms with Gasteiger partial charge in [-0.2, -0.15) is 0 Å². The highest BCUT2D eigenvalue weighted by molar-refractivity contribution is 7.89. The SMILES string of the molecule is Cc1ccc(CNC(=O)[C@H](c2ccccc2)N(Cc2ccccc2)C(=O)CCc2ccc(S(=O)(=O)NC3CC3)cc2)cc1. The molecule has 0 heterocycles. The molecule has 0 unspecified atom stereocenters. The highest BCUT2D eigenvalue weighted by atomic mass is 32.2. The van der Waals surface area contributed by atoms with Crippen LogP contribution in [0, 0.1) is 6.92 Å². The van der Waals surface area contributed by atoms with E-state index in [1.165, 1.54) is 0 Å². The van der Waals surface area contributed by atoms with Crippen molar-refractivity contribution in [1.82, 2.24) is 14.9 Å². The molecular weight excluding hydrogens is 558 g/mol. The normalized spacial score (nSPS) is 13.7. The van der Waals surface area contributed by atoms with Gasteiger partial charge in [-0.3, -0.25) is 9.59 Å². The number of rotatable bonds is 13. The lowest BCUT2D eigenvalue weighted by molar-refractivity contribution is -0.141. The standard InChI is InChI=1S/C35H37N3O4S/c1-26-12-14-28(15-13-26)24-36-35(40)34(30-10-6-3-7-11-30)38(25-29-8-4-2-5-9-29)33(39)23-18-27-16-21-32(22-17-27)43(41,42)37-31-19-20-31/h2-17,21-22,31,34,37H,18-20,23-25H2,1H3,(H,36,40)/t34-/m0/s1. The Bertz CT molecular complexity index is 1620. The zero-order valence-corrected chi connectivity index (χ0v) is 25.1. The van der Waals surface area contributed by atoms with Gasteiger partial charge in [0.05, 0.1) is 4.90 Å². The van der Waals surface area contributed by atoms with Crippen molar-refractivity contribution in [3.05, 3.63) is 137 Å². The number of nitrogens with one attached hydrogen (secondary N) is 2. The molecule has 4 aromatic rings. The second kappa shape index (κ2) is 13.8. The molecule has 43 heavy (non-hydrogen) atoms. The minimum absolute atomic E-state index is 0.0320. The van der Waals surface area contributed by atoms with Crippen LogP contribution < -0.4 is 10.0 Å². The van der Waals surface area contributed by atoms with Crippen molar-refractivity contribution >= 4 is 21.8 Å². The number of aryl methyl sites for hydroxylation is 2. The maximum absolute atomic E-state index is 13.9. The molecule has 1 atom stereocenters. The number of benzene rings is 4. The lowest BCUT2D eigenvalue weighted by Crippen LogP contribution is -2.43. The lowest BCUT2D eigenvalue weighted by Gasteiger charge is -2.32. The van der Waals surface area contributed by atoms with Gasteiger partial charge in [0.25, 0.3) is 0 Å². The highest BCUT2D eigenvalue weighted by Crippen LogP contribution is 2.26. The molecule has 0 aromatic heterocycles. The molecule has 0 saturated heterocycles. The molecule has 0 spiro atoms. The maximum Gasteiger partial charge on any atom is 0.247 e. The van der Waals surface area contributed by atoms with Gasteiger partial charge in [-0.25, -0.2) is 13.1 Å². The monoisotopic (exact) mass is 595 g/mol. The van der Waals surface area contributed by atoms with Gasteiger partial charge in [-0.05, 0) is 60.6 Å². The molecule has 1 fully saturated rings. The Hall–Kier alpha value is -4.27. The van der Waals surface area contributed by atoms with Crippen LogP contribution in [0.2, 0.25) is 0 Å². The van der Waals surface area contributed by atoms with E-state index in [1.54, 1.807) is 29.2 Å². The number of hydrogen-bond donors (Lipinski definition) is 2. The average molecular weight is 596 g/mol. The summed E-state index contributed by atoms with van der Waals surface area (Å²) in [6, 6.07) is 32.9. The van der Waals surface area contributed by atoms with Crippen LogP contribution in [-0.4, -0.2) is 31.2 Å². The van der Waals surface area contributed by atoms with Gasteiger partial charge in [-0.1, -0.05) is 103 Å². The van der Waals surface area contributed by atoms with Gasteiger partial charge in [0.2, 0.25) is 21.8 Å². The summed E-state index contributed by atoms with van der Waals surface area (Å²) in [7, 11) is -3.54. The summed E-state index contributed by atoms with van der Waals surface area (Å²) in [6.07, 6.45) is 2.31. The lowest BCUT2D eigenvalue weighted by atomic mass is 10.0. The van der Waals surface area contributed by atoms with Gasteiger partial charge < -0.3 is 10.2 Å². The summed E-state index contributed by atoms with van der Waals surface area (Å²) < 4.78 is 27.8. The molecule has 4 aromatic carbocycles. The number of amides is 2. The van der Waals surface area contributed by atoms with E-state index >= 15 is 0 Å². The van der Waals surface area contributed by atoms with Gasteiger partial charge in [0.1, 0.15) is 6.04 Å². The predicted molar refractivity (Wildman–Crippen MR) is 167 cm³/mol. The number of nitrogens with zero attached hydrogens (tertiary/aromatic N) is 1. The van der Waals surface area contributed by atoms with Crippen molar-refractivity contribution in [2.45, 2.75) is 62.7 Å². The van der Waals surface area contributed by atoms with Crippen molar-refractivity contribution in [3.8, 4) is 0 Å². The summed E-state index contributed by atoms with van der Waals surface area (Å²) in [5, 5.41) is 3.05. The van der Waals surface area contributed by atoms with Gasteiger partial charge in [0, 0.05) is 25.6 Å². The smallest absolute Gasteiger partial charge is 0.247 e. The van der Waals surface area contributed by atoms with Crippen LogP contribution in [0.5, 0.6) is 0 Å². The number of sulfonamides is 1. The Kier molecular flexibility index (Phi) is 9.69. The molecule has 7 nitrogen and oxygen atoms in total. The van der Waals surface area contributed by atoms with Crippen molar-refractivity contribution in [1.29, 1.82) is 0 Å². The van der Waals surface area contributed by atoms with E-state index < -0.39 is 16.1 Å². The van der Waals surface area contributed by atoms with Crippen LogP contribution >= 0.6 is 0 Å². The fraction of sp³-hybridized carbons (Fsp3) is 0.257. The first-order chi connectivity index (χ1) is 20.8. The number of carbonyl (C=O) groups is 2. The fourth-order valence-corrected chi connectivity index (χ4v) is 6.23. The first kappa shape index (κ1) is 30.2. The Morgan fingerprint density at radius 1 is 0.791 bits per heavy atom. The van der Waals surface area contributed by atoms with Crippen molar-refractivity contribution in [3.63, 3.8) is 0 Å². The van der Waals surface area contributed by atoms with E-state index in [9.17, 15) is 18.0 Å². The first-order valence-corrected chi connectivity index (χ1v) is 16.1. The zero-order valence-electron chi connectivity index (χ0n) is 24.3. The number of hydrogen-bond acceptors (Lipinski definition) is 4. The van der Waals surface area contributed by atoms with E-state index in [1.807, 2.05) is 91.9 Å². The Balaban J connectivity index is 1.35. The summed E-state index contributed by atoms with van der Waals surface area (Å²) in [5.74, 6) is -0.427. The highest BCUT2D eigenvalue weighted by Gasteiger charge is 2.31. The summed E-state index contributed by atoms with van der Waals surface area (Å²) in [4.78, 5) is 29.6. The van der Waals surface area contributed by atoms with Crippen molar-refractivity contribution < 1.29 is 18.0 Å². The Labute approximate surface area is 254 Å². The largest absolute Gasteiger partial charge is 0.350 e. The first-order valence-electron chi connectivity index (χ1n) is 14.6. The average Bonchev–Trinajstić information content (AvgIpc) is 3.84. The minimum atomic E-state index is -3.54. The molecule has 0 radical (unpaired) electrons. The predicted octanol–water partition coefficient (Wildman–Crippen LogP) is 5.45. The molecule has 8 heteroatoms. The van der Waals surface area contributed by atoms with E-state index in [0.717, 1.165) is 40.7 Å². The third kappa shape index (κ3) is 8.40. The number of carbonyl (C=O) groups excluding carboxylic acids is 2. The molecule has 2 N–H and O–H groups in total. The van der Waals surface area contributed by atoms with E-state index in [2.05, 4.69) is 10.0 Å². The van der Waals surface area contributed by atoms with Crippen LogP contribution in [0.4, 0.5) is 0 Å². The van der Waals surface area contributed by atoms with Crippen LogP contribution in [0.1, 0.15) is 53.1 Å². The Morgan fingerprint density at radius 3 is 2.02 bits per heavy atom. The van der Waals surface area contributed by atoms with Crippen LogP contribution in [0.3, 0.4) is 0 Å². The van der Waals surface area contributed by atoms with Crippen LogP contribution in [0.15, 0.2) is 114 Å². The van der Waals surface area contributed by atoms with Crippen LogP contribution in [-0.2, 0) is 39.1 Å². The molecular formula is C35H37N3O4S. The topological polar surface area (TPSA) is 95.6 Å². The summed E-state index contributed by atoms with van der Waals surface area (Å²) in [6.45, 7) is 2.63. The molecule has 1 saturated carbocycles. The molecule has 5 rings (SSSR count). The van der Waals surface area contributed by atoms with Gasteiger partial charge in [-0.15, -0.1) is 0 Å².